The van der Waals surface area contributed by atoms with Crippen LogP contribution in [-0.2, 0) is 16.0 Å². The van der Waals surface area contributed by atoms with E-state index >= 15 is 0 Å². The summed E-state index contributed by atoms with van der Waals surface area (Å²) in [6.07, 6.45) is 1.44. The van der Waals surface area contributed by atoms with Gasteiger partial charge in [-0.2, -0.15) is 0 Å². The van der Waals surface area contributed by atoms with Crippen molar-refractivity contribution in [3.8, 4) is 11.5 Å². The summed E-state index contributed by atoms with van der Waals surface area (Å²) in [6.45, 7) is 2.84. The fourth-order valence-electron chi connectivity index (χ4n) is 2.61. The molecule has 0 atom stereocenters. The van der Waals surface area contributed by atoms with Crippen LogP contribution in [0.5, 0.6) is 11.5 Å². The molecule has 0 saturated carbocycles. The molecule has 0 saturated heterocycles. The zero-order valence-corrected chi connectivity index (χ0v) is 17.8. The van der Waals surface area contributed by atoms with Crippen molar-refractivity contribution in [2.24, 2.45) is 0 Å². The van der Waals surface area contributed by atoms with Gasteiger partial charge in [0.1, 0.15) is 0 Å². The zero-order chi connectivity index (χ0) is 21.1. The number of methoxy groups -OCH3 is 2. The van der Waals surface area contributed by atoms with Gasteiger partial charge < -0.3 is 19.5 Å². The van der Waals surface area contributed by atoms with Crippen LogP contribution in [0.2, 0.25) is 0 Å². The number of nitrogens with one attached hydrogen (secondary N) is 1. The average molecular weight is 418 g/mol. The van der Waals surface area contributed by atoms with Crippen LogP contribution in [0.3, 0.4) is 0 Å². The molecule has 0 aromatic heterocycles. The molecule has 7 heteroatoms. The Kier molecular flexibility index (Phi) is 9.37. The van der Waals surface area contributed by atoms with E-state index in [0.717, 1.165) is 16.9 Å². The van der Waals surface area contributed by atoms with Gasteiger partial charge in [-0.1, -0.05) is 25.1 Å². The molecule has 0 aliphatic rings. The molecular weight excluding hydrogens is 390 g/mol. The van der Waals surface area contributed by atoms with E-state index in [1.165, 1.54) is 11.8 Å². The molecule has 0 unspecified atom stereocenters. The van der Waals surface area contributed by atoms with Gasteiger partial charge in [0, 0.05) is 11.4 Å². The smallest absolute Gasteiger partial charge is 0.339 e. The van der Waals surface area contributed by atoms with Crippen LogP contribution in [0.15, 0.2) is 47.4 Å². The highest BCUT2D eigenvalue weighted by Crippen LogP contribution is 2.27. The van der Waals surface area contributed by atoms with Crippen LogP contribution in [0.4, 0.5) is 0 Å². The van der Waals surface area contributed by atoms with E-state index in [1.54, 1.807) is 26.4 Å². The maximum absolute atomic E-state index is 12.2. The molecule has 0 radical (unpaired) electrons. The van der Waals surface area contributed by atoms with Gasteiger partial charge in [0.25, 0.3) is 0 Å². The number of hydrogen-bond donors (Lipinski definition) is 1. The van der Waals surface area contributed by atoms with Gasteiger partial charge >= 0.3 is 5.97 Å². The Morgan fingerprint density at radius 1 is 1.03 bits per heavy atom. The summed E-state index contributed by atoms with van der Waals surface area (Å²) < 4.78 is 15.7. The Morgan fingerprint density at radius 2 is 1.79 bits per heavy atom. The second kappa shape index (κ2) is 12.0. The highest BCUT2D eigenvalue weighted by atomic mass is 32.2. The minimum absolute atomic E-state index is 0.0906. The third-order valence-electron chi connectivity index (χ3n) is 4.09. The number of benzene rings is 2. The molecule has 1 amide bonds. The molecule has 0 heterocycles. The van der Waals surface area contributed by atoms with Gasteiger partial charge in [0.05, 0.1) is 32.1 Å². The Hall–Kier alpha value is -2.67. The average Bonchev–Trinajstić information content (AvgIpc) is 2.76. The predicted octanol–water partition coefficient (Wildman–Crippen LogP) is 3.72. The lowest BCUT2D eigenvalue weighted by Gasteiger charge is -2.11. The quantitative estimate of drug-likeness (QED) is 0.444. The summed E-state index contributed by atoms with van der Waals surface area (Å²) in [5, 5.41) is 2.90. The Labute approximate surface area is 175 Å². The highest BCUT2D eigenvalue weighted by molar-refractivity contribution is 8.00. The van der Waals surface area contributed by atoms with E-state index in [2.05, 4.69) is 5.32 Å². The summed E-state index contributed by atoms with van der Waals surface area (Å²) in [5.74, 6) is 1.12. The molecule has 0 spiro atoms. The first kappa shape index (κ1) is 22.6. The maximum atomic E-state index is 12.2. The lowest BCUT2D eigenvalue weighted by atomic mass is 10.1. The number of rotatable bonds is 11. The molecule has 0 fully saturated rings. The first-order valence-electron chi connectivity index (χ1n) is 9.45. The second-order valence-corrected chi connectivity index (χ2v) is 7.23. The molecule has 6 nitrogen and oxygen atoms in total. The van der Waals surface area contributed by atoms with Gasteiger partial charge in [-0.3, -0.25) is 4.79 Å². The zero-order valence-electron chi connectivity index (χ0n) is 17.0. The van der Waals surface area contributed by atoms with Crippen LogP contribution in [0, 0.1) is 0 Å². The van der Waals surface area contributed by atoms with Gasteiger partial charge in [0.2, 0.25) is 5.91 Å². The minimum Gasteiger partial charge on any atom is -0.493 e. The molecule has 29 heavy (non-hydrogen) atoms. The van der Waals surface area contributed by atoms with Crippen molar-refractivity contribution in [2.75, 3.05) is 33.1 Å². The minimum atomic E-state index is -0.358. The van der Waals surface area contributed by atoms with E-state index < -0.39 is 0 Å². The van der Waals surface area contributed by atoms with Gasteiger partial charge in [-0.05, 0) is 42.7 Å². The number of hydrogen-bond acceptors (Lipinski definition) is 6. The number of amides is 1. The predicted molar refractivity (Wildman–Crippen MR) is 114 cm³/mol. The van der Waals surface area contributed by atoms with E-state index in [1.807, 2.05) is 37.3 Å². The van der Waals surface area contributed by atoms with Crippen LogP contribution in [-0.4, -0.2) is 45.0 Å². The van der Waals surface area contributed by atoms with E-state index in [0.29, 0.717) is 36.6 Å². The number of ether oxygens (including phenoxy) is 3. The summed E-state index contributed by atoms with van der Waals surface area (Å²) in [5.41, 5.74) is 1.53. The highest BCUT2D eigenvalue weighted by Gasteiger charge is 2.14. The van der Waals surface area contributed by atoms with E-state index in [9.17, 15) is 9.59 Å². The monoisotopic (exact) mass is 417 g/mol. The van der Waals surface area contributed by atoms with Crippen LogP contribution in [0.25, 0.3) is 0 Å². The van der Waals surface area contributed by atoms with Crippen molar-refractivity contribution in [1.29, 1.82) is 0 Å². The SMILES string of the molecule is CCCOC(=O)c1ccccc1SCC(=O)NCCc1ccc(OC)c(OC)c1. The first-order chi connectivity index (χ1) is 14.1. The third-order valence-corrected chi connectivity index (χ3v) is 5.16. The van der Waals surface area contributed by atoms with Crippen LogP contribution < -0.4 is 14.8 Å². The van der Waals surface area contributed by atoms with Crippen molar-refractivity contribution >= 4 is 23.6 Å². The van der Waals surface area contributed by atoms with E-state index in [-0.39, 0.29) is 17.6 Å². The van der Waals surface area contributed by atoms with Crippen molar-refractivity contribution < 1.29 is 23.8 Å². The Balaban J connectivity index is 1.83. The number of thioether (sulfide) groups is 1. The number of esters is 1. The van der Waals surface area contributed by atoms with Crippen molar-refractivity contribution in [3.63, 3.8) is 0 Å². The maximum Gasteiger partial charge on any atom is 0.339 e. The van der Waals surface area contributed by atoms with Crippen molar-refractivity contribution in [2.45, 2.75) is 24.7 Å². The molecule has 0 bridgehead atoms. The summed E-state index contributed by atoms with van der Waals surface area (Å²) >= 11 is 1.32. The van der Waals surface area contributed by atoms with Crippen molar-refractivity contribution in [1.82, 2.24) is 5.32 Å². The van der Waals surface area contributed by atoms with Gasteiger partial charge in [-0.15, -0.1) is 11.8 Å². The first-order valence-corrected chi connectivity index (χ1v) is 10.4. The fourth-order valence-corrected chi connectivity index (χ4v) is 3.48. The molecular formula is C22H27NO5S. The molecule has 1 N–H and O–H groups in total. The standard InChI is InChI=1S/C22H27NO5S/c1-4-13-28-22(25)17-7-5-6-8-20(17)29-15-21(24)23-12-11-16-9-10-18(26-2)19(14-16)27-3/h5-10,14H,4,11-13,15H2,1-3H3,(H,23,24). The lowest BCUT2D eigenvalue weighted by Crippen LogP contribution is -2.27. The normalized spacial score (nSPS) is 10.3. The number of carbonyl (C=O) groups is 2. The topological polar surface area (TPSA) is 73.9 Å². The molecule has 2 rings (SSSR count). The number of carbonyl (C=O) groups excluding carboxylic acids is 2. The molecule has 2 aromatic carbocycles. The largest absolute Gasteiger partial charge is 0.493 e. The molecule has 0 aliphatic heterocycles. The fraction of sp³-hybridized carbons (Fsp3) is 0.364. The Bertz CT molecular complexity index is 825. The molecule has 0 aliphatic carbocycles. The van der Waals surface area contributed by atoms with Crippen LogP contribution >= 0.6 is 11.8 Å². The molecule has 2 aromatic rings. The lowest BCUT2D eigenvalue weighted by molar-refractivity contribution is -0.118. The van der Waals surface area contributed by atoms with Gasteiger partial charge in [-0.25, -0.2) is 4.79 Å². The van der Waals surface area contributed by atoms with E-state index in [4.69, 9.17) is 14.2 Å². The van der Waals surface area contributed by atoms with Crippen LogP contribution in [0.1, 0.15) is 29.3 Å². The summed E-state index contributed by atoms with van der Waals surface area (Å²) in [7, 11) is 3.19. The molecule has 156 valence electrons. The summed E-state index contributed by atoms with van der Waals surface area (Å²) in [6, 6.07) is 12.9. The van der Waals surface area contributed by atoms with Gasteiger partial charge in [0.15, 0.2) is 11.5 Å². The summed E-state index contributed by atoms with van der Waals surface area (Å²) in [4.78, 5) is 25.1. The third kappa shape index (κ3) is 7.02. The van der Waals surface area contributed by atoms with Crippen molar-refractivity contribution in [3.05, 3.63) is 53.6 Å². The second-order valence-electron chi connectivity index (χ2n) is 6.21. The Morgan fingerprint density at radius 3 is 2.52 bits per heavy atom.